The lowest BCUT2D eigenvalue weighted by Gasteiger charge is -2.41. The molecule has 1 spiro atoms. The van der Waals surface area contributed by atoms with Crippen LogP contribution >= 0.6 is 0 Å². The molecule has 2 heteroatoms. The molecule has 0 saturated heterocycles. The average Bonchev–Trinajstić information content (AvgIpc) is 3.79. The summed E-state index contributed by atoms with van der Waals surface area (Å²) in [6.45, 7) is 4.77. The minimum absolute atomic E-state index is 0.133. The summed E-state index contributed by atoms with van der Waals surface area (Å²) >= 11 is 0. The third-order valence-corrected chi connectivity index (χ3v) is 16.5. The van der Waals surface area contributed by atoms with E-state index >= 15 is 0 Å². The maximum atomic E-state index is 7.10. The highest BCUT2D eigenvalue weighted by Gasteiger charge is 2.52. The van der Waals surface area contributed by atoms with Crippen LogP contribution in [0.1, 0.15) is 134 Å². The minimum atomic E-state index is -0.565. The molecule has 0 bridgehead atoms. The van der Waals surface area contributed by atoms with Gasteiger partial charge < -0.3 is 9.64 Å². The first-order valence-electron chi connectivity index (χ1n) is 24.9. The van der Waals surface area contributed by atoms with Crippen LogP contribution in [0.4, 0.5) is 17.1 Å². The van der Waals surface area contributed by atoms with Crippen LogP contribution in [0, 0.1) is 0 Å². The molecule has 1 aliphatic heterocycles. The highest BCUT2D eigenvalue weighted by Crippen LogP contribution is 2.64. The van der Waals surface area contributed by atoms with Crippen LogP contribution in [-0.4, -0.2) is 0 Å². The van der Waals surface area contributed by atoms with Crippen molar-refractivity contribution in [1.29, 1.82) is 0 Å². The molecular weight excluding hydrogens is 799 g/mol. The quantitative estimate of drug-likeness (QED) is 0.165. The molecule has 2 nitrogen and oxygen atoms in total. The van der Waals surface area contributed by atoms with E-state index in [1.54, 1.807) is 0 Å². The fourth-order valence-corrected chi connectivity index (χ4v) is 13.2. The monoisotopic (exact) mass is 855 g/mol. The van der Waals surface area contributed by atoms with Gasteiger partial charge >= 0.3 is 0 Å². The van der Waals surface area contributed by atoms with Crippen LogP contribution in [0.15, 0.2) is 176 Å². The Balaban J connectivity index is 1.05. The molecule has 2 saturated carbocycles. The number of hydrogen-bond acceptors (Lipinski definition) is 2. The molecule has 0 aromatic heterocycles. The topological polar surface area (TPSA) is 12.5 Å². The first-order chi connectivity index (χ1) is 32.5. The molecule has 13 rings (SSSR count). The van der Waals surface area contributed by atoms with Gasteiger partial charge in [0.15, 0.2) is 0 Å². The summed E-state index contributed by atoms with van der Waals surface area (Å²) in [6, 6.07) is 67.3. The number of nitrogens with zero attached hydrogens (tertiary/aromatic N) is 1. The molecule has 0 atom stereocenters. The van der Waals surface area contributed by atoms with E-state index in [1.807, 2.05) is 0 Å². The number of para-hydroxylation sites is 1. The summed E-state index contributed by atoms with van der Waals surface area (Å²) in [4.78, 5) is 2.50. The van der Waals surface area contributed by atoms with Crippen LogP contribution in [0.25, 0.3) is 33.4 Å². The Morgan fingerprint density at radius 3 is 1.53 bits per heavy atom. The number of anilines is 3. The first kappa shape index (κ1) is 39.7. The van der Waals surface area contributed by atoms with Crippen molar-refractivity contribution in [3.8, 4) is 44.9 Å². The summed E-state index contributed by atoms with van der Waals surface area (Å²) < 4.78 is 7.10. The zero-order chi connectivity index (χ0) is 44.0. The van der Waals surface area contributed by atoms with Gasteiger partial charge in [0.1, 0.15) is 11.5 Å². The van der Waals surface area contributed by atoms with Gasteiger partial charge in [0.25, 0.3) is 0 Å². The van der Waals surface area contributed by atoms with Crippen LogP contribution in [0.2, 0.25) is 0 Å². The van der Waals surface area contributed by atoms with Crippen molar-refractivity contribution in [2.45, 2.75) is 101 Å². The maximum Gasteiger partial charge on any atom is 0.132 e. The third-order valence-electron chi connectivity index (χ3n) is 16.5. The second-order valence-electron chi connectivity index (χ2n) is 20.5. The fourth-order valence-electron chi connectivity index (χ4n) is 13.2. The predicted octanol–water partition coefficient (Wildman–Crippen LogP) is 17.7. The molecule has 324 valence electrons. The van der Waals surface area contributed by atoms with E-state index < -0.39 is 5.41 Å². The lowest BCUT2D eigenvalue weighted by Crippen LogP contribution is -2.33. The molecule has 1 heterocycles. The molecular formula is C64H57NO. The highest BCUT2D eigenvalue weighted by molar-refractivity contribution is 5.91. The van der Waals surface area contributed by atoms with Gasteiger partial charge in [0, 0.05) is 33.6 Å². The molecule has 0 N–H and O–H groups in total. The zero-order valence-electron chi connectivity index (χ0n) is 38.3. The third kappa shape index (κ3) is 6.06. The molecule has 66 heavy (non-hydrogen) atoms. The van der Waals surface area contributed by atoms with Crippen molar-refractivity contribution in [2.24, 2.45) is 0 Å². The van der Waals surface area contributed by atoms with Crippen molar-refractivity contribution in [1.82, 2.24) is 0 Å². The Morgan fingerprint density at radius 1 is 0.379 bits per heavy atom. The number of benzene rings is 8. The Kier molecular flexibility index (Phi) is 9.31. The molecule has 4 aliphatic carbocycles. The predicted molar refractivity (Wildman–Crippen MR) is 273 cm³/mol. The van der Waals surface area contributed by atoms with Gasteiger partial charge in [-0.1, -0.05) is 180 Å². The summed E-state index contributed by atoms with van der Waals surface area (Å²) in [7, 11) is 0. The molecule has 0 radical (unpaired) electrons. The maximum absolute atomic E-state index is 7.10. The van der Waals surface area contributed by atoms with Crippen LogP contribution in [0.3, 0.4) is 0 Å². The first-order valence-corrected chi connectivity index (χ1v) is 24.9. The van der Waals surface area contributed by atoms with Crippen LogP contribution < -0.4 is 9.64 Å². The molecule has 0 unspecified atom stereocenters. The Labute approximate surface area is 391 Å². The van der Waals surface area contributed by atoms with E-state index in [1.165, 1.54) is 142 Å². The Bertz CT molecular complexity index is 3100. The smallest absolute Gasteiger partial charge is 0.132 e. The molecule has 5 aliphatic rings. The number of rotatable bonds is 6. The van der Waals surface area contributed by atoms with Crippen molar-refractivity contribution in [3.05, 3.63) is 220 Å². The van der Waals surface area contributed by atoms with Crippen molar-refractivity contribution in [2.75, 3.05) is 4.90 Å². The lowest BCUT2D eigenvalue weighted by atomic mass is 9.65. The molecule has 8 aromatic rings. The number of ether oxygens (including phenoxy) is 1. The summed E-state index contributed by atoms with van der Waals surface area (Å²) in [6.07, 6.45) is 13.0. The van der Waals surface area contributed by atoms with Gasteiger partial charge in [-0.15, -0.1) is 0 Å². The van der Waals surface area contributed by atoms with Gasteiger partial charge in [-0.3, -0.25) is 0 Å². The Morgan fingerprint density at radius 2 is 0.864 bits per heavy atom. The normalized spacial score (nSPS) is 17.5. The molecule has 0 amide bonds. The van der Waals surface area contributed by atoms with Crippen LogP contribution in [0.5, 0.6) is 11.5 Å². The van der Waals surface area contributed by atoms with Gasteiger partial charge in [-0.05, 0) is 153 Å². The largest absolute Gasteiger partial charge is 0.457 e. The van der Waals surface area contributed by atoms with E-state index in [0.29, 0.717) is 11.8 Å². The van der Waals surface area contributed by atoms with E-state index in [4.69, 9.17) is 4.74 Å². The number of hydrogen-bond donors (Lipinski definition) is 0. The van der Waals surface area contributed by atoms with E-state index in [0.717, 1.165) is 28.6 Å². The van der Waals surface area contributed by atoms with Crippen molar-refractivity contribution < 1.29 is 4.74 Å². The lowest BCUT2D eigenvalue weighted by molar-refractivity contribution is 0.433. The summed E-state index contributed by atoms with van der Waals surface area (Å²) in [5, 5.41) is 0. The highest BCUT2D eigenvalue weighted by atomic mass is 16.5. The number of fused-ring (bicyclic) bond motifs is 12. The van der Waals surface area contributed by atoms with Crippen molar-refractivity contribution >= 4 is 17.1 Å². The van der Waals surface area contributed by atoms with E-state index in [2.05, 4.69) is 195 Å². The van der Waals surface area contributed by atoms with Crippen molar-refractivity contribution in [3.63, 3.8) is 0 Å². The fraction of sp³-hybridized carbons (Fsp3) is 0.250. The summed E-state index contributed by atoms with van der Waals surface area (Å²) in [5.74, 6) is 3.07. The second kappa shape index (κ2) is 15.5. The Hall–Kier alpha value is -6.64. The van der Waals surface area contributed by atoms with Gasteiger partial charge in [-0.25, -0.2) is 0 Å². The standard InChI is InChI=1S/C64H57NO/c1-63(2)55-23-13-12-22-51(55)52-36-32-49(40-57(52)63)65(48-30-26-45(27-31-48)42-16-6-3-7-17-42)50-33-37-62-60(41-50)64(56-24-14-15-25-61(56)66-62)58-38-46(43-18-8-4-9-19-43)28-34-53(58)54-35-29-47(39-59(54)64)44-20-10-5-11-21-44/h3,6-7,12-17,22-41,43-44H,4-5,8-11,18-21H2,1-2H3. The second-order valence-corrected chi connectivity index (χ2v) is 20.5. The van der Waals surface area contributed by atoms with E-state index in [-0.39, 0.29) is 5.41 Å². The van der Waals surface area contributed by atoms with Gasteiger partial charge in [0.2, 0.25) is 0 Å². The van der Waals surface area contributed by atoms with Gasteiger partial charge in [-0.2, -0.15) is 0 Å². The van der Waals surface area contributed by atoms with Gasteiger partial charge in [0.05, 0.1) is 5.41 Å². The van der Waals surface area contributed by atoms with Crippen LogP contribution in [-0.2, 0) is 10.8 Å². The molecule has 8 aromatic carbocycles. The van der Waals surface area contributed by atoms with E-state index in [9.17, 15) is 0 Å². The SMILES string of the molecule is CC1(C)c2ccccc2-c2ccc(N(c3ccc(-c4ccccc4)cc3)c3ccc4c(c3)C3(c5ccccc5O4)c4cc(C5CCCCC5)ccc4-c4ccc(C5CCCCC5)cc43)cc21. The minimum Gasteiger partial charge on any atom is -0.457 e. The zero-order valence-corrected chi connectivity index (χ0v) is 38.3. The molecule has 2 fully saturated rings. The summed E-state index contributed by atoms with van der Waals surface area (Å²) in [5.41, 5.74) is 21.6. The average molecular weight is 856 g/mol.